The van der Waals surface area contributed by atoms with Gasteiger partial charge in [0, 0.05) is 14.2 Å². The number of hydrogen-bond donors (Lipinski definition) is 0. The highest BCUT2D eigenvalue weighted by Gasteiger charge is 2.34. The first-order chi connectivity index (χ1) is 5.60. The molecule has 0 saturated carbocycles. The van der Waals surface area contributed by atoms with E-state index >= 15 is 0 Å². The number of carbonyl (C=O) groups excluding carboxylic acids is 1. The summed E-state index contributed by atoms with van der Waals surface area (Å²) in [6.45, 7) is 2.05. The molecule has 0 spiro atoms. The van der Waals surface area contributed by atoms with Crippen molar-refractivity contribution in [3.05, 3.63) is 0 Å². The van der Waals surface area contributed by atoms with Crippen molar-refractivity contribution < 1.29 is 23.1 Å². The quantitative estimate of drug-likeness (QED) is 0.629. The molecule has 72 valence electrons. The number of hydrogen-bond acceptors (Lipinski definition) is 5. The lowest BCUT2D eigenvalue weighted by atomic mass is 10.5. The fraction of sp³-hybridized carbons (Fsp3) is 0.833. The number of carbonyl (C=O) groups is 1. The summed E-state index contributed by atoms with van der Waals surface area (Å²) in [6.07, 6.45) is 0.666. The van der Waals surface area contributed by atoms with Gasteiger partial charge in [-0.2, -0.15) is 0 Å². The van der Waals surface area contributed by atoms with Crippen LogP contribution in [0, 0.1) is 0 Å². The van der Waals surface area contributed by atoms with Crippen LogP contribution >= 0.6 is 7.60 Å². The van der Waals surface area contributed by atoms with E-state index in [9.17, 15) is 9.36 Å². The van der Waals surface area contributed by atoms with E-state index in [2.05, 4.69) is 13.8 Å². The summed E-state index contributed by atoms with van der Waals surface area (Å²) >= 11 is 0. The van der Waals surface area contributed by atoms with Crippen LogP contribution in [0.1, 0.15) is 13.3 Å². The summed E-state index contributed by atoms with van der Waals surface area (Å²) in [5.41, 5.74) is -0.936. The van der Waals surface area contributed by atoms with Crippen LogP contribution in [-0.2, 0) is 18.3 Å². The second kappa shape index (κ2) is 5.30. The van der Waals surface area contributed by atoms with Crippen LogP contribution in [0.2, 0.25) is 0 Å². The van der Waals surface area contributed by atoms with Crippen LogP contribution in [0.4, 0.5) is 4.79 Å². The van der Waals surface area contributed by atoms with Crippen molar-refractivity contribution in [1.82, 2.24) is 0 Å². The smallest absolute Gasteiger partial charge is 0.437 e. The third-order valence-corrected chi connectivity index (χ3v) is 2.67. The molecule has 0 radical (unpaired) electrons. The van der Waals surface area contributed by atoms with Crippen molar-refractivity contribution in [2.75, 3.05) is 20.8 Å². The summed E-state index contributed by atoms with van der Waals surface area (Å²) in [5.74, 6) is 0. The fourth-order valence-corrected chi connectivity index (χ4v) is 1.19. The maximum Gasteiger partial charge on any atom is 0.437 e. The molecule has 12 heavy (non-hydrogen) atoms. The summed E-state index contributed by atoms with van der Waals surface area (Å²) in [7, 11) is -1.39. The molecule has 0 amide bonds. The second-order valence-electron chi connectivity index (χ2n) is 1.98. The molecule has 0 aromatic heterocycles. The van der Waals surface area contributed by atoms with Crippen LogP contribution in [-0.4, -0.2) is 26.5 Å². The minimum absolute atomic E-state index is 0.218. The maximum absolute atomic E-state index is 11.2. The van der Waals surface area contributed by atoms with Gasteiger partial charge in [0.2, 0.25) is 0 Å². The lowest BCUT2D eigenvalue weighted by Crippen LogP contribution is -2.06. The molecule has 0 N–H and O–H groups in total. The highest BCUT2D eigenvalue weighted by Crippen LogP contribution is 2.48. The van der Waals surface area contributed by atoms with E-state index in [4.69, 9.17) is 0 Å². The maximum atomic E-state index is 11.2. The summed E-state index contributed by atoms with van der Waals surface area (Å²) in [4.78, 5) is 11.0. The van der Waals surface area contributed by atoms with Crippen molar-refractivity contribution in [2.24, 2.45) is 0 Å². The zero-order chi connectivity index (χ0) is 9.61. The predicted molar refractivity (Wildman–Crippen MR) is 43.3 cm³/mol. The standard InChI is InChI=1S/C6H13O5P/c1-4-5-11-6(7)12(8,9-2)10-3/h4-5H2,1-3H3. The van der Waals surface area contributed by atoms with Gasteiger partial charge < -0.3 is 13.8 Å². The molecule has 0 saturated heterocycles. The molecule has 0 aliphatic carbocycles. The lowest BCUT2D eigenvalue weighted by Gasteiger charge is -2.11. The van der Waals surface area contributed by atoms with E-state index in [0.717, 1.165) is 14.2 Å². The molecule has 0 fully saturated rings. The Morgan fingerprint density at radius 3 is 2.17 bits per heavy atom. The Labute approximate surface area is 71.5 Å². The van der Waals surface area contributed by atoms with E-state index in [1.165, 1.54) is 0 Å². The highest BCUT2D eigenvalue weighted by atomic mass is 31.2. The fourth-order valence-electron chi connectivity index (χ4n) is 0.492. The zero-order valence-electron chi connectivity index (χ0n) is 7.40. The third-order valence-electron chi connectivity index (χ3n) is 1.13. The van der Waals surface area contributed by atoms with Crippen molar-refractivity contribution in [3.8, 4) is 0 Å². The monoisotopic (exact) mass is 196 g/mol. The molecule has 0 aliphatic heterocycles. The van der Waals surface area contributed by atoms with Gasteiger partial charge in [-0.1, -0.05) is 6.92 Å². The average Bonchev–Trinajstić information content (AvgIpc) is 2.12. The average molecular weight is 196 g/mol. The molecule has 0 heterocycles. The molecule has 5 nitrogen and oxygen atoms in total. The molecule has 6 heteroatoms. The van der Waals surface area contributed by atoms with Gasteiger partial charge >= 0.3 is 13.3 Å². The Kier molecular flexibility index (Phi) is 5.13. The van der Waals surface area contributed by atoms with Crippen LogP contribution in [0.3, 0.4) is 0 Å². The normalized spacial score (nSPS) is 11.2. The minimum atomic E-state index is -3.66. The summed E-state index contributed by atoms with van der Waals surface area (Å²) in [5, 5.41) is 0. The first-order valence-electron chi connectivity index (χ1n) is 3.49. The Balaban J connectivity index is 4.14. The van der Waals surface area contributed by atoms with Gasteiger partial charge in [0.25, 0.3) is 0 Å². The van der Waals surface area contributed by atoms with Gasteiger partial charge in [0.1, 0.15) is 0 Å². The van der Waals surface area contributed by atoms with Crippen LogP contribution < -0.4 is 0 Å². The Bertz CT molecular complexity index is 182. The molecule has 0 bridgehead atoms. The molecule has 0 aromatic carbocycles. The first kappa shape index (κ1) is 11.6. The molecular formula is C6H13O5P. The van der Waals surface area contributed by atoms with Crippen molar-refractivity contribution in [1.29, 1.82) is 0 Å². The van der Waals surface area contributed by atoms with E-state index in [1.807, 2.05) is 6.92 Å². The van der Waals surface area contributed by atoms with Gasteiger partial charge in [-0.3, -0.25) is 0 Å². The first-order valence-corrected chi connectivity index (χ1v) is 5.03. The zero-order valence-corrected chi connectivity index (χ0v) is 8.30. The van der Waals surface area contributed by atoms with E-state index < -0.39 is 13.3 Å². The third kappa shape index (κ3) is 2.93. The Morgan fingerprint density at radius 2 is 1.83 bits per heavy atom. The van der Waals surface area contributed by atoms with Gasteiger partial charge in [0.05, 0.1) is 6.61 Å². The highest BCUT2D eigenvalue weighted by molar-refractivity contribution is 7.71. The van der Waals surface area contributed by atoms with Gasteiger partial charge in [-0.05, 0) is 6.42 Å². The molecular weight excluding hydrogens is 183 g/mol. The number of rotatable bonds is 5. The van der Waals surface area contributed by atoms with Crippen LogP contribution in [0.5, 0.6) is 0 Å². The minimum Gasteiger partial charge on any atom is -0.457 e. The van der Waals surface area contributed by atoms with E-state index in [1.54, 1.807) is 0 Å². The Hall–Kier alpha value is -0.380. The number of ether oxygens (including phenoxy) is 1. The van der Waals surface area contributed by atoms with Gasteiger partial charge in [-0.25, -0.2) is 9.36 Å². The van der Waals surface area contributed by atoms with Crippen molar-refractivity contribution >= 4 is 13.3 Å². The molecule has 0 unspecified atom stereocenters. The molecule has 0 atom stereocenters. The Morgan fingerprint density at radius 1 is 1.33 bits per heavy atom. The van der Waals surface area contributed by atoms with Crippen LogP contribution in [0.25, 0.3) is 0 Å². The van der Waals surface area contributed by atoms with Crippen molar-refractivity contribution in [3.63, 3.8) is 0 Å². The molecule has 0 aliphatic rings. The topological polar surface area (TPSA) is 61.8 Å². The van der Waals surface area contributed by atoms with E-state index in [-0.39, 0.29) is 6.61 Å². The van der Waals surface area contributed by atoms with Gasteiger partial charge in [-0.15, -0.1) is 0 Å². The largest absolute Gasteiger partial charge is 0.457 e. The van der Waals surface area contributed by atoms with Gasteiger partial charge in [0.15, 0.2) is 0 Å². The lowest BCUT2D eigenvalue weighted by molar-refractivity contribution is 0.157. The summed E-state index contributed by atoms with van der Waals surface area (Å²) in [6, 6.07) is 0. The second-order valence-corrected chi connectivity index (χ2v) is 4.07. The molecule has 0 rings (SSSR count). The van der Waals surface area contributed by atoms with E-state index in [0.29, 0.717) is 6.42 Å². The predicted octanol–water partition coefficient (Wildman–Crippen LogP) is 2.02. The molecule has 0 aromatic rings. The SMILES string of the molecule is CCCOC(=O)P(=O)(OC)OC. The van der Waals surface area contributed by atoms with Crippen molar-refractivity contribution in [2.45, 2.75) is 13.3 Å². The summed E-state index contributed by atoms with van der Waals surface area (Å²) < 4.78 is 24.6. The van der Waals surface area contributed by atoms with Crippen LogP contribution in [0.15, 0.2) is 0 Å².